The fourth-order valence-corrected chi connectivity index (χ4v) is 2.35. The van der Waals surface area contributed by atoms with Gasteiger partial charge in [0.2, 0.25) is 5.92 Å². The second-order valence-corrected chi connectivity index (χ2v) is 5.06. The summed E-state index contributed by atoms with van der Waals surface area (Å²) in [5.41, 5.74) is 4.16. The summed E-state index contributed by atoms with van der Waals surface area (Å²) in [7, 11) is 0. The first-order valence-electron chi connectivity index (χ1n) is 5.62. The van der Waals surface area contributed by atoms with Gasteiger partial charge in [-0.1, -0.05) is 13.3 Å². The minimum Gasteiger partial charge on any atom is -0.388 e. The van der Waals surface area contributed by atoms with Crippen LogP contribution in [0.4, 0.5) is 8.78 Å². The van der Waals surface area contributed by atoms with Crippen molar-refractivity contribution in [2.24, 2.45) is 5.73 Å². The molecule has 0 heterocycles. The molecule has 0 aliphatic heterocycles. The summed E-state index contributed by atoms with van der Waals surface area (Å²) in [5.74, 6) is -2.62. The van der Waals surface area contributed by atoms with Gasteiger partial charge in [0, 0.05) is 18.4 Å². The Bertz CT molecular complexity index is 219. The summed E-state index contributed by atoms with van der Waals surface area (Å²) in [6.45, 7) is 3.74. The quantitative estimate of drug-likeness (QED) is 0.769. The monoisotopic (exact) mass is 221 g/mol. The lowest BCUT2D eigenvalue weighted by atomic mass is 9.69. The largest absolute Gasteiger partial charge is 0.388 e. The smallest absolute Gasteiger partial charge is 0.248 e. The molecule has 1 rings (SSSR count). The Morgan fingerprint density at radius 2 is 1.73 bits per heavy atom. The maximum absolute atomic E-state index is 13.0. The molecule has 0 aromatic heterocycles. The van der Waals surface area contributed by atoms with Crippen LogP contribution < -0.4 is 5.73 Å². The molecule has 1 aliphatic rings. The first-order chi connectivity index (χ1) is 6.72. The van der Waals surface area contributed by atoms with Crippen molar-refractivity contribution in [1.29, 1.82) is 0 Å². The number of nitrogens with two attached hydrogens (primary N) is 1. The van der Waals surface area contributed by atoms with Crippen LogP contribution in [0.15, 0.2) is 0 Å². The predicted octanol–water partition coefficient (Wildman–Crippen LogP) is 2.44. The summed E-state index contributed by atoms with van der Waals surface area (Å²) in [4.78, 5) is 0. The second-order valence-electron chi connectivity index (χ2n) is 5.06. The first kappa shape index (κ1) is 12.8. The van der Waals surface area contributed by atoms with E-state index in [1.165, 1.54) is 0 Å². The Hall–Kier alpha value is -0.220. The fraction of sp³-hybridized carbons (Fsp3) is 1.00. The Labute approximate surface area is 89.8 Å². The fourth-order valence-electron chi connectivity index (χ4n) is 2.35. The van der Waals surface area contributed by atoms with Crippen molar-refractivity contribution in [2.75, 3.05) is 0 Å². The highest BCUT2D eigenvalue weighted by molar-refractivity contribution is 5.03. The van der Waals surface area contributed by atoms with Gasteiger partial charge in [0.1, 0.15) is 0 Å². The van der Waals surface area contributed by atoms with Crippen molar-refractivity contribution >= 4 is 0 Å². The molecule has 0 aromatic carbocycles. The van der Waals surface area contributed by atoms with E-state index in [0.29, 0.717) is 6.42 Å². The minimum absolute atomic E-state index is 0.104. The van der Waals surface area contributed by atoms with Crippen LogP contribution >= 0.6 is 0 Å². The van der Waals surface area contributed by atoms with Crippen LogP contribution in [0.25, 0.3) is 0 Å². The predicted molar refractivity (Wildman–Crippen MR) is 55.9 cm³/mol. The average Bonchev–Trinajstić information content (AvgIpc) is 2.10. The molecule has 0 aromatic rings. The minimum atomic E-state index is -2.62. The summed E-state index contributed by atoms with van der Waals surface area (Å²) in [6.07, 6.45) is 1.22. The number of aliphatic hydroxyl groups is 1. The van der Waals surface area contributed by atoms with Crippen LogP contribution in [0.2, 0.25) is 0 Å². The molecule has 4 heteroatoms. The van der Waals surface area contributed by atoms with E-state index in [-0.39, 0.29) is 25.7 Å². The number of halogens is 2. The molecular weight excluding hydrogens is 200 g/mol. The first-order valence-corrected chi connectivity index (χ1v) is 5.62. The van der Waals surface area contributed by atoms with E-state index in [0.717, 1.165) is 6.42 Å². The molecule has 2 nitrogen and oxygen atoms in total. The highest BCUT2D eigenvalue weighted by atomic mass is 19.3. The highest BCUT2D eigenvalue weighted by Crippen LogP contribution is 2.43. The van der Waals surface area contributed by atoms with Gasteiger partial charge in [0.05, 0.1) is 5.60 Å². The SMILES string of the molecule is CCCC(C)(N)C1(O)CCC(F)(F)CC1. The zero-order chi connectivity index (χ0) is 11.7. The average molecular weight is 221 g/mol. The number of alkyl halides is 2. The summed E-state index contributed by atoms with van der Waals surface area (Å²) in [5, 5.41) is 10.3. The number of hydrogen-bond acceptors (Lipinski definition) is 2. The molecule has 0 radical (unpaired) electrons. The third-order valence-corrected chi connectivity index (χ3v) is 3.64. The Kier molecular flexibility index (Phi) is 3.41. The van der Waals surface area contributed by atoms with Crippen LogP contribution in [0.5, 0.6) is 0 Å². The zero-order valence-electron chi connectivity index (χ0n) is 9.52. The Morgan fingerprint density at radius 3 is 2.13 bits per heavy atom. The molecule has 1 saturated carbocycles. The van der Waals surface area contributed by atoms with Crippen molar-refractivity contribution in [2.45, 2.75) is 69.4 Å². The summed E-state index contributed by atoms with van der Waals surface area (Å²) < 4.78 is 25.9. The van der Waals surface area contributed by atoms with Gasteiger partial charge in [0.15, 0.2) is 0 Å². The lowest BCUT2D eigenvalue weighted by Gasteiger charge is -2.46. The zero-order valence-corrected chi connectivity index (χ0v) is 9.52. The standard InChI is InChI=1S/C11H21F2NO/c1-3-4-9(2,14)10(15)5-7-11(12,13)8-6-10/h15H,3-8,14H2,1-2H3. The van der Waals surface area contributed by atoms with E-state index >= 15 is 0 Å². The maximum atomic E-state index is 13.0. The second kappa shape index (κ2) is 3.98. The molecule has 1 unspecified atom stereocenters. The van der Waals surface area contributed by atoms with Crippen LogP contribution in [0, 0.1) is 0 Å². The van der Waals surface area contributed by atoms with Crippen molar-refractivity contribution in [3.8, 4) is 0 Å². The van der Waals surface area contributed by atoms with Gasteiger partial charge < -0.3 is 10.8 Å². The molecule has 3 N–H and O–H groups in total. The molecular formula is C11H21F2NO. The molecule has 90 valence electrons. The van der Waals surface area contributed by atoms with Crippen molar-refractivity contribution in [1.82, 2.24) is 0 Å². The van der Waals surface area contributed by atoms with Crippen LogP contribution in [-0.2, 0) is 0 Å². The molecule has 1 atom stereocenters. The number of rotatable bonds is 3. The lowest BCUT2D eigenvalue weighted by Crippen LogP contribution is -2.60. The van der Waals surface area contributed by atoms with E-state index in [1.807, 2.05) is 6.92 Å². The number of hydrogen-bond donors (Lipinski definition) is 2. The van der Waals surface area contributed by atoms with Gasteiger partial charge in [-0.3, -0.25) is 0 Å². The van der Waals surface area contributed by atoms with E-state index < -0.39 is 17.1 Å². The van der Waals surface area contributed by atoms with Gasteiger partial charge in [-0.2, -0.15) is 0 Å². The third kappa shape index (κ3) is 2.67. The van der Waals surface area contributed by atoms with E-state index in [4.69, 9.17) is 5.73 Å². The maximum Gasteiger partial charge on any atom is 0.248 e. The van der Waals surface area contributed by atoms with Crippen molar-refractivity contribution in [3.63, 3.8) is 0 Å². The molecule has 1 aliphatic carbocycles. The van der Waals surface area contributed by atoms with E-state index in [1.54, 1.807) is 6.92 Å². The van der Waals surface area contributed by atoms with E-state index in [9.17, 15) is 13.9 Å². The molecule has 15 heavy (non-hydrogen) atoms. The van der Waals surface area contributed by atoms with Gasteiger partial charge in [-0.15, -0.1) is 0 Å². The van der Waals surface area contributed by atoms with E-state index in [2.05, 4.69) is 0 Å². The van der Waals surface area contributed by atoms with Crippen LogP contribution in [0.1, 0.15) is 52.4 Å². The lowest BCUT2D eigenvalue weighted by molar-refractivity contribution is -0.131. The molecule has 0 amide bonds. The van der Waals surface area contributed by atoms with Crippen molar-refractivity contribution < 1.29 is 13.9 Å². The highest BCUT2D eigenvalue weighted by Gasteiger charge is 2.50. The molecule has 0 saturated heterocycles. The van der Waals surface area contributed by atoms with Gasteiger partial charge >= 0.3 is 0 Å². The van der Waals surface area contributed by atoms with Gasteiger partial charge in [-0.25, -0.2) is 8.78 Å². The van der Waals surface area contributed by atoms with Crippen LogP contribution in [0.3, 0.4) is 0 Å². The summed E-state index contributed by atoms with van der Waals surface area (Å²) in [6, 6.07) is 0. The third-order valence-electron chi connectivity index (χ3n) is 3.64. The normalized spacial score (nSPS) is 28.4. The Balaban J connectivity index is 2.69. The summed E-state index contributed by atoms with van der Waals surface area (Å²) >= 11 is 0. The van der Waals surface area contributed by atoms with Gasteiger partial charge in [0.25, 0.3) is 0 Å². The molecule has 1 fully saturated rings. The topological polar surface area (TPSA) is 46.2 Å². The van der Waals surface area contributed by atoms with Crippen LogP contribution in [-0.4, -0.2) is 22.2 Å². The Morgan fingerprint density at radius 1 is 1.27 bits per heavy atom. The van der Waals surface area contributed by atoms with Gasteiger partial charge in [-0.05, 0) is 26.2 Å². The van der Waals surface area contributed by atoms with Crippen molar-refractivity contribution in [3.05, 3.63) is 0 Å². The molecule has 0 spiro atoms. The molecule has 0 bridgehead atoms.